The van der Waals surface area contributed by atoms with Crippen molar-refractivity contribution in [2.24, 2.45) is 5.73 Å². The fraction of sp³-hybridized carbons (Fsp3) is 0.923. The molecule has 0 aliphatic heterocycles. The molecule has 1 unspecified atom stereocenters. The normalized spacial score (nSPS) is 13.0. The molecule has 6 heteroatoms. The third kappa shape index (κ3) is 8.93. The molecule has 0 bridgehead atoms. The molecule has 3 N–H and O–H groups in total. The van der Waals surface area contributed by atoms with Crippen LogP contribution in [0.2, 0.25) is 0 Å². The Bertz CT molecular complexity index is 229. The summed E-state index contributed by atoms with van der Waals surface area (Å²) < 4.78 is 10.2. The fourth-order valence-electron chi connectivity index (χ4n) is 1.85. The second-order valence-electron chi connectivity index (χ2n) is 4.84. The Morgan fingerprint density at radius 2 is 1.74 bits per heavy atom. The fourth-order valence-corrected chi connectivity index (χ4v) is 1.85. The number of carbonyl (C=O) groups excluding carboxylic acids is 1. The van der Waals surface area contributed by atoms with Crippen molar-refractivity contribution in [1.29, 1.82) is 0 Å². The van der Waals surface area contributed by atoms with Crippen LogP contribution in [-0.4, -0.2) is 70.0 Å². The summed E-state index contributed by atoms with van der Waals surface area (Å²) in [6.45, 7) is 7.07. The van der Waals surface area contributed by atoms with Crippen LogP contribution >= 0.6 is 0 Å². The molecular formula is C13H29N3O3. The van der Waals surface area contributed by atoms with Crippen LogP contribution < -0.4 is 11.1 Å². The Hall–Kier alpha value is -0.690. The Labute approximate surface area is 116 Å². The SMILES string of the molecule is COCCN(CCOC)C(CN)CC(=O)NC(C)C. The zero-order valence-corrected chi connectivity index (χ0v) is 12.6. The molecule has 0 aliphatic carbocycles. The molecule has 1 atom stereocenters. The molecule has 0 heterocycles. The maximum absolute atomic E-state index is 11.8. The first-order valence-corrected chi connectivity index (χ1v) is 6.76. The number of nitrogens with zero attached hydrogens (tertiary/aromatic N) is 1. The molecule has 0 radical (unpaired) electrons. The highest BCUT2D eigenvalue weighted by Crippen LogP contribution is 2.04. The van der Waals surface area contributed by atoms with E-state index < -0.39 is 0 Å². The Kier molecular flexibility index (Phi) is 10.8. The number of hydrogen-bond donors (Lipinski definition) is 2. The van der Waals surface area contributed by atoms with Gasteiger partial charge in [0.1, 0.15) is 0 Å². The molecule has 0 fully saturated rings. The van der Waals surface area contributed by atoms with Gasteiger partial charge >= 0.3 is 0 Å². The second kappa shape index (κ2) is 11.2. The van der Waals surface area contributed by atoms with Crippen LogP contribution in [0.15, 0.2) is 0 Å². The van der Waals surface area contributed by atoms with Gasteiger partial charge in [-0.2, -0.15) is 0 Å². The van der Waals surface area contributed by atoms with Gasteiger partial charge in [0.25, 0.3) is 0 Å². The van der Waals surface area contributed by atoms with Crippen LogP contribution in [-0.2, 0) is 14.3 Å². The lowest BCUT2D eigenvalue weighted by atomic mass is 10.1. The second-order valence-corrected chi connectivity index (χ2v) is 4.84. The first kappa shape index (κ1) is 18.3. The first-order chi connectivity index (χ1) is 9.04. The van der Waals surface area contributed by atoms with E-state index in [1.54, 1.807) is 14.2 Å². The van der Waals surface area contributed by atoms with E-state index in [0.29, 0.717) is 26.2 Å². The monoisotopic (exact) mass is 275 g/mol. The Morgan fingerprint density at radius 1 is 1.21 bits per heavy atom. The minimum absolute atomic E-state index is 0.0176. The van der Waals surface area contributed by atoms with Crippen LogP contribution in [0.1, 0.15) is 20.3 Å². The lowest BCUT2D eigenvalue weighted by molar-refractivity contribution is -0.122. The van der Waals surface area contributed by atoms with E-state index >= 15 is 0 Å². The molecule has 19 heavy (non-hydrogen) atoms. The molecule has 0 aliphatic rings. The van der Waals surface area contributed by atoms with E-state index in [1.807, 2.05) is 13.8 Å². The Balaban J connectivity index is 4.39. The van der Waals surface area contributed by atoms with E-state index in [4.69, 9.17) is 15.2 Å². The van der Waals surface area contributed by atoms with Crippen molar-refractivity contribution in [3.8, 4) is 0 Å². The summed E-state index contributed by atoms with van der Waals surface area (Å²) in [6, 6.07) is 0.168. The number of ether oxygens (including phenoxy) is 2. The summed E-state index contributed by atoms with van der Waals surface area (Å²) in [4.78, 5) is 14.0. The summed E-state index contributed by atoms with van der Waals surface area (Å²) in [7, 11) is 3.33. The van der Waals surface area contributed by atoms with Crippen LogP contribution in [0.3, 0.4) is 0 Å². The summed E-state index contributed by atoms with van der Waals surface area (Å²) in [5.74, 6) is 0.0327. The van der Waals surface area contributed by atoms with E-state index in [9.17, 15) is 4.79 Å². The Morgan fingerprint density at radius 3 is 2.11 bits per heavy atom. The largest absolute Gasteiger partial charge is 0.383 e. The molecular weight excluding hydrogens is 246 g/mol. The highest BCUT2D eigenvalue weighted by atomic mass is 16.5. The van der Waals surface area contributed by atoms with Crippen molar-refractivity contribution in [3.63, 3.8) is 0 Å². The lowest BCUT2D eigenvalue weighted by Gasteiger charge is -2.30. The minimum atomic E-state index is 0.0176. The first-order valence-electron chi connectivity index (χ1n) is 6.76. The van der Waals surface area contributed by atoms with Crippen molar-refractivity contribution in [1.82, 2.24) is 10.2 Å². The maximum Gasteiger partial charge on any atom is 0.221 e. The minimum Gasteiger partial charge on any atom is -0.383 e. The van der Waals surface area contributed by atoms with Crippen molar-refractivity contribution >= 4 is 5.91 Å². The van der Waals surface area contributed by atoms with Gasteiger partial charge in [0.15, 0.2) is 0 Å². The topological polar surface area (TPSA) is 76.8 Å². The van der Waals surface area contributed by atoms with Gasteiger partial charge in [0.2, 0.25) is 5.91 Å². The van der Waals surface area contributed by atoms with Gasteiger partial charge in [-0.3, -0.25) is 9.69 Å². The lowest BCUT2D eigenvalue weighted by Crippen LogP contribution is -2.47. The van der Waals surface area contributed by atoms with E-state index in [0.717, 1.165) is 13.1 Å². The summed E-state index contributed by atoms with van der Waals surface area (Å²) in [5.41, 5.74) is 5.79. The molecule has 6 nitrogen and oxygen atoms in total. The van der Waals surface area contributed by atoms with Gasteiger partial charge < -0.3 is 20.5 Å². The number of carbonyl (C=O) groups is 1. The van der Waals surface area contributed by atoms with Crippen LogP contribution in [0.25, 0.3) is 0 Å². The number of amides is 1. The number of methoxy groups -OCH3 is 2. The number of rotatable bonds is 11. The van der Waals surface area contributed by atoms with E-state index in [-0.39, 0.29) is 18.0 Å². The summed E-state index contributed by atoms with van der Waals surface area (Å²) >= 11 is 0. The average Bonchev–Trinajstić information content (AvgIpc) is 2.36. The zero-order valence-electron chi connectivity index (χ0n) is 12.6. The number of nitrogens with two attached hydrogens (primary N) is 1. The molecule has 0 aromatic rings. The van der Waals surface area contributed by atoms with Gasteiger partial charge in [-0.1, -0.05) is 0 Å². The van der Waals surface area contributed by atoms with E-state index in [1.165, 1.54) is 0 Å². The third-order valence-corrected chi connectivity index (χ3v) is 2.82. The van der Waals surface area contributed by atoms with Crippen molar-refractivity contribution in [2.45, 2.75) is 32.4 Å². The molecule has 0 saturated heterocycles. The van der Waals surface area contributed by atoms with Gasteiger partial charge in [-0.25, -0.2) is 0 Å². The third-order valence-electron chi connectivity index (χ3n) is 2.82. The summed E-state index contributed by atoms with van der Waals surface area (Å²) in [6.07, 6.45) is 0.405. The number of hydrogen-bond acceptors (Lipinski definition) is 5. The van der Waals surface area contributed by atoms with Gasteiger partial charge in [0, 0.05) is 52.4 Å². The standard InChI is InChI=1S/C13H29N3O3/c1-11(2)15-13(17)9-12(10-14)16(5-7-18-3)6-8-19-4/h11-12H,5-10,14H2,1-4H3,(H,15,17). The van der Waals surface area contributed by atoms with Crippen molar-refractivity contribution in [2.75, 3.05) is 47.1 Å². The van der Waals surface area contributed by atoms with Gasteiger partial charge in [0.05, 0.1) is 13.2 Å². The molecule has 0 spiro atoms. The predicted molar refractivity (Wildman–Crippen MR) is 76.1 cm³/mol. The van der Waals surface area contributed by atoms with Gasteiger partial charge in [-0.05, 0) is 13.8 Å². The van der Waals surface area contributed by atoms with Crippen molar-refractivity contribution < 1.29 is 14.3 Å². The summed E-state index contributed by atoms with van der Waals surface area (Å²) in [5, 5.41) is 2.89. The van der Waals surface area contributed by atoms with Gasteiger partial charge in [-0.15, -0.1) is 0 Å². The molecule has 0 rings (SSSR count). The van der Waals surface area contributed by atoms with Crippen LogP contribution in [0, 0.1) is 0 Å². The molecule has 0 saturated carbocycles. The molecule has 114 valence electrons. The highest BCUT2D eigenvalue weighted by Gasteiger charge is 2.20. The highest BCUT2D eigenvalue weighted by molar-refractivity contribution is 5.76. The predicted octanol–water partition coefficient (Wildman–Crippen LogP) is -0.177. The molecule has 1 amide bonds. The quantitative estimate of drug-likeness (QED) is 0.547. The smallest absolute Gasteiger partial charge is 0.221 e. The molecule has 0 aromatic heterocycles. The van der Waals surface area contributed by atoms with Crippen LogP contribution in [0.4, 0.5) is 0 Å². The average molecular weight is 275 g/mol. The van der Waals surface area contributed by atoms with Crippen molar-refractivity contribution in [3.05, 3.63) is 0 Å². The van der Waals surface area contributed by atoms with E-state index in [2.05, 4.69) is 10.2 Å². The zero-order chi connectivity index (χ0) is 14.7. The molecule has 0 aromatic carbocycles. The van der Waals surface area contributed by atoms with Crippen LogP contribution in [0.5, 0.6) is 0 Å². The maximum atomic E-state index is 11.8. The number of nitrogens with one attached hydrogen (secondary N) is 1.